The highest BCUT2D eigenvalue weighted by molar-refractivity contribution is 7.45. The lowest BCUT2D eigenvalue weighted by Crippen LogP contribution is -2.37. The lowest BCUT2D eigenvalue weighted by Gasteiger charge is -2.28. The van der Waals surface area contributed by atoms with Gasteiger partial charge in [-0.2, -0.15) is 0 Å². The number of ether oxygens (including phenoxy) is 2. The number of phosphoric acid groups is 1. The molecule has 0 aliphatic heterocycles. The van der Waals surface area contributed by atoms with Crippen molar-refractivity contribution in [3.63, 3.8) is 0 Å². The number of phosphoric ester groups is 1. The molecule has 0 heterocycles. The molecule has 0 fully saturated rings. The van der Waals surface area contributed by atoms with Crippen molar-refractivity contribution in [2.75, 3.05) is 54.1 Å². The SMILES string of the molecule is C=CCCCCCCCCCOC[C@H](COP(=O)([O-])OCC[N+](C)(C)C)OC(C)=O. The summed E-state index contributed by atoms with van der Waals surface area (Å²) >= 11 is 0. The molecule has 0 aliphatic rings. The highest BCUT2D eigenvalue weighted by atomic mass is 31.2. The van der Waals surface area contributed by atoms with Gasteiger partial charge >= 0.3 is 5.97 Å². The van der Waals surface area contributed by atoms with Crippen LogP contribution in [0.2, 0.25) is 0 Å². The highest BCUT2D eigenvalue weighted by Crippen LogP contribution is 2.38. The number of carbonyl (C=O) groups excluding carboxylic acids is 1. The number of unbranched alkanes of at least 4 members (excludes halogenated alkanes) is 7. The highest BCUT2D eigenvalue weighted by Gasteiger charge is 2.19. The van der Waals surface area contributed by atoms with Gasteiger partial charge in [0.15, 0.2) is 0 Å². The van der Waals surface area contributed by atoms with Crippen LogP contribution in [-0.4, -0.2) is 70.7 Å². The van der Waals surface area contributed by atoms with E-state index in [0.29, 0.717) is 17.6 Å². The van der Waals surface area contributed by atoms with Gasteiger partial charge < -0.3 is 27.9 Å². The molecule has 0 amide bonds. The average molecular weight is 452 g/mol. The average Bonchev–Trinajstić information content (AvgIpc) is 2.62. The molecule has 0 saturated carbocycles. The Labute approximate surface area is 182 Å². The first kappa shape index (κ1) is 29.2. The molecule has 2 atom stereocenters. The second-order valence-corrected chi connectivity index (χ2v) is 9.86. The molecule has 9 heteroatoms. The molecule has 0 saturated heterocycles. The Balaban J connectivity index is 3.98. The van der Waals surface area contributed by atoms with Gasteiger partial charge in [-0.05, 0) is 19.3 Å². The van der Waals surface area contributed by atoms with E-state index in [4.69, 9.17) is 18.5 Å². The fourth-order valence-corrected chi connectivity index (χ4v) is 3.31. The Morgan fingerprint density at radius 2 is 1.60 bits per heavy atom. The fourth-order valence-electron chi connectivity index (χ4n) is 2.58. The first-order valence-corrected chi connectivity index (χ1v) is 12.3. The molecule has 0 rings (SSSR count). The van der Waals surface area contributed by atoms with Crippen molar-refractivity contribution >= 4 is 13.8 Å². The van der Waals surface area contributed by atoms with Gasteiger partial charge in [-0.25, -0.2) is 0 Å². The standard InChI is InChI=1S/C21H42NO7P/c1-6-7-8-9-10-11-12-13-14-16-26-18-21(29-20(2)23)19-28-30(24,25)27-17-15-22(3,4)5/h6,21H,1,7-19H2,2-5H3/t21-/m1/s1. The molecule has 0 aliphatic carbocycles. The number of rotatable bonds is 20. The maximum Gasteiger partial charge on any atom is 0.303 e. The smallest absolute Gasteiger partial charge is 0.303 e. The van der Waals surface area contributed by atoms with Gasteiger partial charge in [-0.15, -0.1) is 6.58 Å². The first-order chi connectivity index (χ1) is 14.1. The quantitative estimate of drug-likeness (QED) is 0.0920. The molecule has 0 N–H and O–H groups in total. The molecule has 178 valence electrons. The van der Waals surface area contributed by atoms with Gasteiger partial charge in [0, 0.05) is 13.5 Å². The third-order valence-electron chi connectivity index (χ3n) is 4.26. The summed E-state index contributed by atoms with van der Waals surface area (Å²) in [7, 11) is 1.33. The van der Waals surface area contributed by atoms with Crippen LogP contribution in [-0.2, 0) is 27.9 Å². The largest absolute Gasteiger partial charge is 0.756 e. The van der Waals surface area contributed by atoms with E-state index in [1.165, 1.54) is 32.6 Å². The zero-order valence-corrected chi connectivity index (χ0v) is 20.2. The lowest BCUT2D eigenvalue weighted by molar-refractivity contribution is -0.870. The van der Waals surface area contributed by atoms with Gasteiger partial charge in [-0.1, -0.05) is 38.2 Å². The van der Waals surface area contributed by atoms with Crippen LogP contribution in [0.4, 0.5) is 0 Å². The van der Waals surface area contributed by atoms with E-state index in [9.17, 15) is 14.3 Å². The molecule has 0 radical (unpaired) electrons. The second kappa shape index (κ2) is 16.9. The van der Waals surface area contributed by atoms with Crippen LogP contribution in [0.1, 0.15) is 58.3 Å². The third kappa shape index (κ3) is 20.5. The Morgan fingerprint density at radius 1 is 1.00 bits per heavy atom. The van der Waals surface area contributed by atoms with Crippen LogP contribution >= 0.6 is 7.82 Å². The molecule has 1 unspecified atom stereocenters. The molecule has 0 aromatic carbocycles. The van der Waals surface area contributed by atoms with Crippen LogP contribution in [0.3, 0.4) is 0 Å². The van der Waals surface area contributed by atoms with E-state index in [0.717, 1.165) is 25.7 Å². The van der Waals surface area contributed by atoms with Crippen molar-refractivity contribution in [2.24, 2.45) is 0 Å². The van der Waals surface area contributed by atoms with E-state index < -0.39 is 19.9 Å². The van der Waals surface area contributed by atoms with E-state index in [2.05, 4.69) is 6.58 Å². The minimum absolute atomic E-state index is 0.0211. The van der Waals surface area contributed by atoms with Crippen LogP contribution in [0, 0.1) is 0 Å². The van der Waals surface area contributed by atoms with Crippen molar-refractivity contribution in [1.29, 1.82) is 0 Å². The number of allylic oxidation sites excluding steroid dienone is 1. The molecular weight excluding hydrogens is 409 g/mol. The Hall–Kier alpha value is -0.760. The zero-order chi connectivity index (χ0) is 22.9. The summed E-state index contributed by atoms with van der Waals surface area (Å²) in [5.41, 5.74) is 0. The number of likely N-dealkylation sites (N-methyl/N-ethyl adjacent to an activating group) is 1. The van der Waals surface area contributed by atoms with Crippen LogP contribution in [0.15, 0.2) is 12.7 Å². The van der Waals surface area contributed by atoms with Crippen molar-refractivity contribution in [3.05, 3.63) is 12.7 Å². The Kier molecular flexibility index (Phi) is 16.4. The van der Waals surface area contributed by atoms with Crippen LogP contribution < -0.4 is 4.89 Å². The predicted octanol–water partition coefficient (Wildman–Crippen LogP) is 3.45. The third-order valence-corrected chi connectivity index (χ3v) is 5.23. The summed E-state index contributed by atoms with van der Waals surface area (Å²) in [5, 5.41) is 0. The summed E-state index contributed by atoms with van der Waals surface area (Å²) in [6, 6.07) is 0. The van der Waals surface area contributed by atoms with Crippen LogP contribution in [0.25, 0.3) is 0 Å². The van der Waals surface area contributed by atoms with Gasteiger partial charge in [0.1, 0.15) is 19.3 Å². The molecule has 0 aromatic heterocycles. The van der Waals surface area contributed by atoms with E-state index in [1.54, 1.807) is 0 Å². The normalized spacial score (nSPS) is 14.8. The first-order valence-electron chi connectivity index (χ1n) is 10.8. The minimum Gasteiger partial charge on any atom is -0.756 e. The number of hydrogen-bond donors (Lipinski definition) is 0. The number of carbonyl (C=O) groups is 1. The Morgan fingerprint density at radius 3 is 2.17 bits per heavy atom. The van der Waals surface area contributed by atoms with Gasteiger partial charge in [0.05, 0.1) is 34.4 Å². The van der Waals surface area contributed by atoms with Crippen LogP contribution in [0.5, 0.6) is 0 Å². The van der Waals surface area contributed by atoms with Crippen molar-refractivity contribution < 1.29 is 37.3 Å². The number of quaternary nitrogens is 1. The number of nitrogens with zero attached hydrogens (tertiary/aromatic N) is 1. The molecule has 0 bridgehead atoms. The molecular formula is C21H42NO7P. The molecule has 30 heavy (non-hydrogen) atoms. The maximum absolute atomic E-state index is 11.9. The zero-order valence-electron chi connectivity index (χ0n) is 19.3. The van der Waals surface area contributed by atoms with Crippen molar-refractivity contribution in [2.45, 2.75) is 64.4 Å². The molecule has 8 nitrogen and oxygen atoms in total. The second-order valence-electron chi connectivity index (χ2n) is 8.45. The van der Waals surface area contributed by atoms with E-state index in [1.807, 2.05) is 27.2 Å². The maximum atomic E-state index is 11.9. The summed E-state index contributed by atoms with van der Waals surface area (Å²) in [6.07, 6.45) is 10.3. The molecule has 0 spiro atoms. The summed E-state index contributed by atoms with van der Waals surface area (Å²) < 4.78 is 32.8. The minimum atomic E-state index is -4.46. The van der Waals surface area contributed by atoms with E-state index >= 15 is 0 Å². The summed E-state index contributed by atoms with van der Waals surface area (Å²) in [6.45, 7) is 5.81. The lowest BCUT2D eigenvalue weighted by atomic mass is 10.1. The summed E-state index contributed by atoms with van der Waals surface area (Å²) in [5.74, 6) is -0.518. The van der Waals surface area contributed by atoms with Gasteiger partial charge in [0.2, 0.25) is 0 Å². The van der Waals surface area contributed by atoms with Crippen molar-refractivity contribution in [3.8, 4) is 0 Å². The summed E-state index contributed by atoms with van der Waals surface area (Å²) in [4.78, 5) is 23.1. The van der Waals surface area contributed by atoms with Gasteiger partial charge in [-0.3, -0.25) is 9.36 Å². The Bertz CT molecular complexity index is 508. The van der Waals surface area contributed by atoms with E-state index in [-0.39, 0.29) is 19.8 Å². The number of hydrogen-bond acceptors (Lipinski definition) is 7. The topological polar surface area (TPSA) is 94.1 Å². The number of esters is 1. The fraction of sp³-hybridized carbons (Fsp3) is 0.857. The predicted molar refractivity (Wildman–Crippen MR) is 116 cm³/mol. The van der Waals surface area contributed by atoms with Gasteiger partial charge in [0.25, 0.3) is 7.82 Å². The molecule has 0 aromatic rings. The monoisotopic (exact) mass is 451 g/mol. The van der Waals surface area contributed by atoms with Crippen molar-refractivity contribution in [1.82, 2.24) is 0 Å².